The van der Waals surface area contributed by atoms with Crippen molar-refractivity contribution in [3.05, 3.63) is 23.8 Å². The van der Waals surface area contributed by atoms with Gasteiger partial charge in [-0.3, -0.25) is 4.79 Å². The van der Waals surface area contributed by atoms with Crippen molar-refractivity contribution in [1.29, 1.82) is 0 Å². The van der Waals surface area contributed by atoms with Gasteiger partial charge in [-0.2, -0.15) is 0 Å². The Morgan fingerprint density at radius 2 is 2.33 bits per heavy atom. The Morgan fingerprint density at radius 3 is 3.06 bits per heavy atom. The minimum atomic E-state index is 0.115. The van der Waals surface area contributed by atoms with Gasteiger partial charge >= 0.3 is 0 Å². The normalized spacial score (nSPS) is 15.6. The number of nitrogens with zero attached hydrogens (tertiary/aromatic N) is 1. The number of para-hydroxylation sites is 1. The minimum absolute atomic E-state index is 0.115. The average molecular weight is 248 g/mol. The molecule has 0 radical (unpaired) electrons. The zero-order valence-electron chi connectivity index (χ0n) is 11.0. The molecule has 4 heteroatoms. The van der Waals surface area contributed by atoms with Gasteiger partial charge in [-0.05, 0) is 31.4 Å². The molecule has 98 valence electrons. The van der Waals surface area contributed by atoms with Crippen LogP contribution >= 0.6 is 0 Å². The molecule has 18 heavy (non-hydrogen) atoms. The maximum atomic E-state index is 12.2. The molecule has 2 rings (SSSR count). The Kier molecular flexibility index (Phi) is 3.87. The van der Waals surface area contributed by atoms with Gasteiger partial charge in [0, 0.05) is 20.1 Å². The summed E-state index contributed by atoms with van der Waals surface area (Å²) in [5.41, 5.74) is 8.74. The highest BCUT2D eigenvalue weighted by molar-refractivity contribution is 5.98. The van der Waals surface area contributed by atoms with Gasteiger partial charge < -0.3 is 15.4 Å². The molecule has 0 fully saturated rings. The second kappa shape index (κ2) is 5.40. The van der Waals surface area contributed by atoms with Gasteiger partial charge in [0.15, 0.2) is 0 Å². The molecule has 2 N–H and O–H groups in total. The number of amides is 1. The molecule has 4 nitrogen and oxygen atoms in total. The number of nitrogen functional groups attached to an aromatic ring is 1. The second-order valence-electron chi connectivity index (χ2n) is 4.74. The van der Waals surface area contributed by atoms with E-state index in [9.17, 15) is 4.79 Å². The zero-order chi connectivity index (χ0) is 13.1. The van der Waals surface area contributed by atoms with Gasteiger partial charge in [0.25, 0.3) is 0 Å². The van der Waals surface area contributed by atoms with E-state index in [2.05, 4.69) is 0 Å². The lowest BCUT2D eigenvalue weighted by Gasteiger charge is -2.19. The summed E-state index contributed by atoms with van der Waals surface area (Å²) in [6.45, 7) is 2.71. The van der Waals surface area contributed by atoms with Crippen LogP contribution in [-0.2, 0) is 16.0 Å². The Morgan fingerprint density at radius 1 is 1.56 bits per heavy atom. The maximum absolute atomic E-state index is 12.2. The number of hydrogen-bond donors (Lipinski definition) is 1. The molecule has 1 aromatic rings. The van der Waals surface area contributed by atoms with E-state index < -0.39 is 0 Å². The van der Waals surface area contributed by atoms with Crippen LogP contribution in [0.2, 0.25) is 0 Å². The number of nitrogens with two attached hydrogens (primary N) is 1. The van der Waals surface area contributed by atoms with E-state index in [1.807, 2.05) is 30.0 Å². The molecule has 1 amide bonds. The molecule has 1 heterocycles. The third-order valence-electron chi connectivity index (χ3n) is 3.49. The summed E-state index contributed by atoms with van der Waals surface area (Å²) in [6, 6.07) is 5.83. The van der Waals surface area contributed by atoms with Crippen molar-refractivity contribution in [2.45, 2.75) is 32.3 Å². The molecule has 0 saturated carbocycles. The van der Waals surface area contributed by atoms with E-state index in [1.54, 1.807) is 7.11 Å². The molecule has 0 spiro atoms. The number of anilines is 2. The lowest BCUT2D eigenvalue weighted by Crippen LogP contribution is -2.30. The molecular weight excluding hydrogens is 228 g/mol. The highest BCUT2D eigenvalue weighted by atomic mass is 16.5. The summed E-state index contributed by atoms with van der Waals surface area (Å²) < 4.78 is 5.16. The third kappa shape index (κ3) is 2.48. The van der Waals surface area contributed by atoms with E-state index in [0.29, 0.717) is 12.1 Å². The van der Waals surface area contributed by atoms with E-state index >= 15 is 0 Å². The van der Waals surface area contributed by atoms with E-state index in [4.69, 9.17) is 10.5 Å². The second-order valence-corrected chi connectivity index (χ2v) is 4.74. The first-order valence-electron chi connectivity index (χ1n) is 6.34. The Hall–Kier alpha value is -1.55. The predicted molar refractivity (Wildman–Crippen MR) is 72.6 cm³/mol. The van der Waals surface area contributed by atoms with Crippen LogP contribution in [0.15, 0.2) is 18.2 Å². The molecule has 0 aromatic heterocycles. The third-order valence-corrected chi connectivity index (χ3v) is 3.49. The van der Waals surface area contributed by atoms with Crippen LogP contribution in [0.5, 0.6) is 0 Å². The van der Waals surface area contributed by atoms with Crippen molar-refractivity contribution in [2.75, 3.05) is 24.3 Å². The number of carbonyl (C=O) groups excluding carboxylic acids is 1. The first-order chi connectivity index (χ1) is 8.63. The monoisotopic (exact) mass is 248 g/mol. The largest absolute Gasteiger partial charge is 0.397 e. The topological polar surface area (TPSA) is 55.6 Å². The summed E-state index contributed by atoms with van der Waals surface area (Å²) in [6.07, 6.45) is 2.26. The fourth-order valence-electron chi connectivity index (χ4n) is 2.32. The summed E-state index contributed by atoms with van der Waals surface area (Å²) in [7, 11) is 1.66. The van der Waals surface area contributed by atoms with Crippen LogP contribution in [-0.4, -0.2) is 25.7 Å². The van der Waals surface area contributed by atoms with Gasteiger partial charge in [0.2, 0.25) is 5.91 Å². The first kappa shape index (κ1) is 12.9. The van der Waals surface area contributed by atoms with Crippen LogP contribution < -0.4 is 10.6 Å². The smallest absolute Gasteiger partial charge is 0.227 e. The molecule has 0 bridgehead atoms. The van der Waals surface area contributed by atoms with E-state index in [1.165, 1.54) is 5.56 Å². The number of methoxy groups -OCH3 is 1. The quantitative estimate of drug-likeness (QED) is 0.829. The molecule has 1 aromatic carbocycles. The number of carbonyl (C=O) groups is 1. The maximum Gasteiger partial charge on any atom is 0.227 e. The van der Waals surface area contributed by atoms with Gasteiger partial charge in [0.05, 0.1) is 17.5 Å². The fourth-order valence-corrected chi connectivity index (χ4v) is 2.32. The van der Waals surface area contributed by atoms with Crippen LogP contribution in [0.1, 0.15) is 25.3 Å². The molecule has 0 saturated heterocycles. The number of benzene rings is 1. The number of fused-ring (bicyclic) bond motifs is 1. The summed E-state index contributed by atoms with van der Waals surface area (Å²) in [5, 5.41) is 0. The van der Waals surface area contributed by atoms with Gasteiger partial charge in [-0.15, -0.1) is 0 Å². The predicted octanol–water partition coefficient (Wildman–Crippen LogP) is 1.97. The van der Waals surface area contributed by atoms with Crippen molar-refractivity contribution in [3.8, 4) is 0 Å². The molecular formula is C14H20N2O2. The SMILES string of the molecule is COC(C)CCC(=O)N1CCc2cccc(N)c21. The standard InChI is InChI=1S/C14H20N2O2/c1-10(18-2)6-7-13(17)16-9-8-11-4-3-5-12(15)14(11)16/h3-5,10H,6-9,15H2,1-2H3. The Bertz CT molecular complexity index is 445. The Balaban J connectivity index is 2.07. The van der Waals surface area contributed by atoms with Crippen LogP contribution in [0, 0.1) is 0 Å². The molecule has 1 aliphatic heterocycles. The fraction of sp³-hybridized carbons (Fsp3) is 0.500. The highest BCUT2D eigenvalue weighted by Gasteiger charge is 2.26. The van der Waals surface area contributed by atoms with Crippen LogP contribution in [0.25, 0.3) is 0 Å². The van der Waals surface area contributed by atoms with Crippen molar-refractivity contribution >= 4 is 17.3 Å². The molecule has 1 unspecified atom stereocenters. The van der Waals surface area contributed by atoms with Crippen molar-refractivity contribution < 1.29 is 9.53 Å². The lowest BCUT2D eigenvalue weighted by molar-refractivity contribution is -0.119. The van der Waals surface area contributed by atoms with Crippen LogP contribution in [0.3, 0.4) is 0 Å². The summed E-state index contributed by atoms with van der Waals surface area (Å²) in [4.78, 5) is 14.0. The van der Waals surface area contributed by atoms with Crippen molar-refractivity contribution in [3.63, 3.8) is 0 Å². The average Bonchev–Trinajstić information content (AvgIpc) is 2.81. The van der Waals surface area contributed by atoms with Crippen molar-refractivity contribution in [2.24, 2.45) is 0 Å². The Labute approximate surface area is 108 Å². The lowest BCUT2D eigenvalue weighted by atomic mass is 10.1. The van der Waals surface area contributed by atoms with Gasteiger partial charge in [0.1, 0.15) is 0 Å². The number of ether oxygens (including phenoxy) is 1. The molecule has 1 aliphatic rings. The number of rotatable bonds is 4. The van der Waals surface area contributed by atoms with Crippen molar-refractivity contribution in [1.82, 2.24) is 0 Å². The first-order valence-corrected chi connectivity index (χ1v) is 6.34. The zero-order valence-corrected chi connectivity index (χ0v) is 11.0. The summed E-state index contributed by atoms with van der Waals surface area (Å²) >= 11 is 0. The summed E-state index contributed by atoms with van der Waals surface area (Å²) in [5.74, 6) is 0.135. The highest BCUT2D eigenvalue weighted by Crippen LogP contribution is 2.34. The van der Waals surface area contributed by atoms with Gasteiger partial charge in [-0.25, -0.2) is 0 Å². The molecule has 0 aliphatic carbocycles. The van der Waals surface area contributed by atoms with E-state index in [0.717, 1.165) is 25.1 Å². The minimum Gasteiger partial charge on any atom is -0.397 e. The number of hydrogen-bond acceptors (Lipinski definition) is 3. The van der Waals surface area contributed by atoms with Crippen LogP contribution in [0.4, 0.5) is 11.4 Å². The van der Waals surface area contributed by atoms with E-state index in [-0.39, 0.29) is 12.0 Å². The molecule has 1 atom stereocenters. The van der Waals surface area contributed by atoms with Gasteiger partial charge in [-0.1, -0.05) is 12.1 Å².